The predicted octanol–water partition coefficient (Wildman–Crippen LogP) is 3.80. The minimum absolute atomic E-state index is 0.138. The Morgan fingerprint density at radius 1 is 1.04 bits per heavy atom. The van der Waals surface area contributed by atoms with Gasteiger partial charge in [0.05, 0.1) is 5.69 Å². The van der Waals surface area contributed by atoms with Gasteiger partial charge in [0.2, 0.25) is 0 Å². The maximum absolute atomic E-state index is 14.3. The Morgan fingerprint density at radius 3 is 2.40 bits per heavy atom. The molecule has 0 saturated carbocycles. The van der Waals surface area contributed by atoms with Crippen LogP contribution in [0.1, 0.15) is 28.4 Å². The molecule has 0 atom stereocenters. The van der Waals surface area contributed by atoms with Gasteiger partial charge in [-0.3, -0.25) is 9.69 Å². The standard InChI is InChI=1S/C20H22F2N2O/c1-14-3-5-18(21)11-17(14)13-23-7-9-24(10-8-23)20-6-4-16(15(2)25)12-19(20)22/h3-6,11-12H,7-10,13H2,1-2H3. The van der Waals surface area contributed by atoms with E-state index in [4.69, 9.17) is 0 Å². The molecular formula is C20H22F2N2O. The van der Waals surface area contributed by atoms with Crippen LogP contribution in [0.25, 0.3) is 0 Å². The second-order valence-corrected chi connectivity index (χ2v) is 6.56. The smallest absolute Gasteiger partial charge is 0.159 e. The molecule has 0 unspecified atom stereocenters. The second-order valence-electron chi connectivity index (χ2n) is 6.56. The van der Waals surface area contributed by atoms with Crippen LogP contribution < -0.4 is 4.90 Å². The fourth-order valence-corrected chi connectivity index (χ4v) is 3.18. The summed E-state index contributed by atoms with van der Waals surface area (Å²) in [5.74, 6) is -0.713. The Kier molecular flexibility index (Phi) is 5.13. The topological polar surface area (TPSA) is 23.6 Å². The first kappa shape index (κ1) is 17.5. The Hall–Kier alpha value is -2.27. The zero-order valence-electron chi connectivity index (χ0n) is 14.6. The van der Waals surface area contributed by atoms with Crippen LogP contribution in [-0.4, -0.2) is 36.9 Å². The van der Waals surface area contributed by atoms with Crippen molar-refractivity contribution in [2.24, 2.45) is 0 Å². The summed E-state index contributed by atoms with van der Waals surface area (Å²) >= 11 is 0. The number of aryl methyl sites for hydroxylation is 1. The van der Waals surface area contributed by atoms with Crippen molar-refractivity contribution in [2.45, 2.75) is 20.4 Å². The van der Waals surface area contributed by atoms with Crippen LogP contribution in [0.4, 0.5) is 14.5 Å². The molecule has 0 amide bonds. The zero-order valence-corrected chi connectivity index (χ0v) is 14.6. The van der Waals surface area contributed by atoms with Crippen LogP contribution in [0.2, 0.25) is 0 Å². The monoisotopic (exact) mass is 344 g/mol. The molecule has 0 bridgehead atoms. The lowest BCUT2D eigenvalue weighted by atomic mass is 10.1. The lowest BCUT2D eigenvalue weighted by Crippen LogP contribution is -2.46. The fourth-order valence-electron chi connectivity index (χ4n) is 3.18. The molecule has 0 radical (unpaired) electrons. The van der Waals surface area contributed by atoms with Gasteiger partial charge in [-0.2, -0.15) is 0 Å². The highest BCUT2D eigenvalue weighted by Crippen LogP contribution is 2.23. The molecule has 2 aromatic carbocycles. The van der Waals surface area contributed by atoms with Gasteiger partial charge in [0.1, 0.15) is 11.6 Å². The molecule has 1 heterocycles. The van der Waals surface area contributed by atoms with Gasteiger partial charge < -0.3 is 4.90 Å². The third-order valence-electron chi connectivity index (χ3n) is 4.77. The van der Waals surface area contributed by atoms with Gasteiger partial charge in [-0.05, 0) is 55.3 Å². The number of carbonyl (C=O) groups is 1. The first-order valence-electron chi connectivity index (χ1n) is 8.47. The number of carbonyl (C=O) groups excluding carboxylic acids is 1. The van der Waals surface area contributed by atoms with Crippen molar-refractivity contribution in [1.29, 1.82) is 0 Å². The number of benzene rings is 2. The average molecular weight is 344 g/mol. The molecule has 3 nitrogen and oxygen atoms in total. The zero-order chi connectivity index (χ0) is 18.0. The van der Waals surface area contributed by atoms with Gasteiger partial charge in [-0.15, -0.1) is 0 Å². The molecule has 3 rings (SSSR count). The number of nitrogens with zero attached hydrogens (tertiary/aromatic N) is 2. The summed E-state index contributed by atoms with van der Waals surface area (Å²) in [5, 5.41) is 0. The number of anilines is 1. The third kappa shape index (κ3) is 4.04. The SMILES string of the molecule is CC(=O)c1ccc(N2CCN(Cc3cc(F)ccc3C)CC2)c(F)c1. The van der Waals surface area contributed by atoms with E-state index < -0.39 is 0 Å². The Labute approximate surface area is 146 Å². The maximum atomic E-state index is 14.3. The van der Waals surface area contributed by atoms with E-state index in [-0.39, 0.29) is 17.4 Å². The summed E-state index contributed by atoms with van der Waals surface area (Å²) in [6.45, 7) is 7.07. The van der Waals surface area contributed by atoms with E-state index in [0.717, 1.165) is 24.2 Å². The fraction of sp³-hybridized carbons (Fsp3) is 0.350. The van der Waals surface area contributed by atoms with E-state index in [1.807, 2.05) is 11.8 Å². The van der Waals surface area contributed by atoms with Gasteiger partial charge in [-0.1, -0.05) is 6.07 Å². The van der Waals surface area contributed by atoms with Crippen molar-refractivity contribution in [2.75, 3.05) is 31.1 Å². The molecule has 132 valence electrons. The van der Waals surface area contributed by atoms with Crippen molar-refractivity contribution < 1.29 is 13.6 Å². The predicted molar refractivity (Wildman–Crippen MR) is 95.0 cm³/mol. The quantitative estimate of drug-likeness (QED) is 0.788. The Bertz CT molecular complexity index is 783. The van der Waals surface area contributed by atoms with Crippen LogP contribution in [-0.2, 0) is 6.54 Å². The number of ketones is 1. The van der Waals surface area contributed by atoms with E-state index in [9.17, 15) is 13.6 Å². The number of hydrogen-bond acceptors (Lipinski definition) is 3. The van der Waals surface area contributed by atoms with Gasteiger partial charge in [0, 0.05) is 38.3 Å². The van der Waals surface area contributed by atoms with Crippen LogP contribution in [0.15, 0.2) is 36.4 Å². The maximum Gasteiger partial charge on any atom is 0.159 e. The molecule has 1 aliphatic heterocycles. The molecule has 0 aliphatic carbocycles. The highest BCUT2D eigenvalue weighted by Gasteiger charge is 2.20. The van der Waals surface area contributed by atoms with Gasteiger partial charge in [-0.25, -0.2) is 8.78 Å². The largest absolute Gasteiger partial charge is 0.367 e. The van der Waals surface area contributed by atoms with Crippen molar-refractivity contribution >= 4 is 11.5 Å². The summed E-state index contributed by atoms with van der Waals surface area (Å²) in [7, 11) is 0. The molecule has 0 aromatic heterocycles. The summed E-state index contributed by atoms with van der Waals surface area (Å²) in [5.41, 5.74) is 2.99. The Balaban J connectivity index is 1.64. The van der Waals surface area contributed by atoms with Crippen molar-refractivity contribution in [3.8, 4) is 0 Å². The van der Waals surface area contributed by atoms with E-state index in [1.54, 1.807) is 24.3 Å². The van der Waals surface area contributed by atoms with Crippen molar-refractivity contribution in [3.05, 3.63) is 64.7 Å². The molecule has 1 fully saturated rings. The van der Waals surface area contributed by atoms with Crippen LogP contribution in [0.3, 0.4) is 0 Å². The summed E-state index contributed by atoms with van der Waals surface area (Å²) < 4.78 is 27.7. The molecule has 0 spiro atoms. The van der Waals surface area contributed by atoms with Crippen molar-refractivity contribution in [3.63, 3.8) is 0 Å². The minimum atomic E-state index is -0.359. The lowest BCUT2D eigenvalue weighted by Gasteiger charge is -2.36. The second kappa shape index (κ2) is 7.31. The first-order chi connectivity index (χ1) is 11.9. The van der Waals surface area contributed by atoms with Crippen molar-refractivity contribution in [1.82, 2.24) is 4.90 Å². The van der Waals surface area contributed by atoms with Crippen LogP contribution in [0.5, 0.6) is 0 Å². The summed E-state index contributed by atoms with van der Waals surface area (Å²) in [6, 6.07) is 9.51. The highest BCUT2D eigenvalue weighted by atomic mass is 19.1. The molecule has 2 aromatic rings. The molecule has 0 N–H and O–H groups in total. The highest BCUT2D eigenvalue weighted by molar-refractivity contribution is 5.94. The molecule has 5 heteroatoms. The summed E-state index contributed by atoms with van der Waals surface area (Å²) in [4.78, 5) is 15.6. The molecule has 25 heavy (non-hydrogen) atoms. The van der Waals surface area contributed by atoms with E-state index in [1.165, 1.54) is 19.1 Å². The van der Waals surface area contributed by atoms with Crippen LogP contribution >= 0.6 is 0 Å². The van der Waals surface area contributed by atoms with Gasteiger partial charge >= 0.3 is 0 Å². The number of piperazine rings is 1. The lowest BCUT2D eigenvalue weighted by molar-refractivity contribution is 0.101. The van der Waals surface area contributed by atoms with E-state index in [2.05, 4.69) is 4.90 Å². The van der Waals surface area contributed by atoms with E-state index >= 15 is 0 Å². The Morgan fingerprint density at radius 2 is 1.76 bits per heavy atom. The number of hydrogen-bond donors (Lipinski definition) is 0. The average Bonchev–Trinajstić information content (AvgIpc) is 2.59. The molecule has 1 aliphatic rings. The van der Waals surface area contributed by atoms with Gasteiger partial charge in [0.15, 0.2) is 5.78 Å². The molecular weight excluding hydrogens is 322 g/mol. The summed E-state index contributed by atoms with van der Waals surface area (Å²) in [6.07, 6.45) is 0. The third-order valence-corrected chi connectivity index (χ3v) is 4.77. The minimum Gasteiger partial charge on any atom is -0.367 e. The number of halogens is 2. The van der Waals surface area contributed by atoms with Gasteiger partial charge in [0.25, 0.3) is 0 Å². The first-order valence-corrected chi connectivity index (χ1v) is 8.47. The van der Waals surface area contributed by atoms with Crippen LogP contribution in [0, 0.1) is 18.6 Å². The molecule has 1 saturated heterocycles. The number of rotatable bonds is 4. The normalized spacial score (nSPS) is 15.4. The number of Topliss-reactive ketones (excluding diaryl/α,β-unsaturated/α-hetero) is 1. The van der Waals surface area contributed by atoms with E-state index in [0.29, 0.717) is 30.9 Å².